The number of carbonyl (C=O) groups excluding carboxylic acids is 1. The van der Waals surface area contributed by atoms with Crippen molar-refractivity contribution in [3.63, 3.8) is 0 Å². The van der Waals surface area contributed by atoms with Crippen LogP contribution in [0.2, 0.25) is 5.02 Å². The smallest absolute Gasteiger partial charge is 0.223 e. The molecule has 5 nitrogen and oxygen atoms in total. The van der Waals surface area contributed by atoms with Crippen LogP contribution in [-0.2, 0) is 20.6 Å². The van der Waals surface area contributed by atoms with Gasteiger partial charge in [-0.1, -0.05) is 60.1 Å². The molecule has 2 aromatic rings. The van der Waals surface area contributed by atoms with Gasteiger partial charge in [-0.2, -0.15) is 0 Å². The van der Waals surface area contributed by atoms with Crippen molar-refractivity contribution >= 4 is 27.5 Å². The van der Waals surface area contributed by atoms with Gasteiger partial charge in [-0.3, -0.25) is 4.79 Å². The molecule has 0 aliphatic carbocycles. The third-order valence-electron chi connectivity index (χ3n) is 5.17. The normalized spacial score (nSPS) is 17.2. The lowest BCUT2D eigenvalue weighted by molar-refractivity contribution is -0.126. The van der Waals surface area contributed by atoms with Crippen LogP contribution in [0.5, 0.6) is 0 Å². The van der Waals surface area contributed by atoms with Crippen molar-refractivity contribution in [2.45, 2.75) is 31.6 Å². The van der Waals surface area contributed by atoms with Crippen LogP contribution in [0.3, 0.4) is 0 Å². The topological polar surface area (TPSA) is 66.5 Å². The minimum atomic E-state index is -3.46. The summed E-state index contributed by atoms with van der Waals surface area (Å²) in [6.45, 7) is 2.66. The van der Waals surface area contributed by atoms with E-state index >= 15 is 0 Å². The van der Waals surface area contributed by atoms with Crippen molar-refractivity contribution in [2.24, 2.45) is 5.92 Å². The monoisotopic (exact) mass is 420 g/mol. The summed E-state index contributed by atoms with van der Waals surface area (Å²) in [6, 6.07) is 16.7. The molecule has 0 bridgehead atoms. The fourth-order valence-electron chi connectivity index (χ4n) is 3.46. The highest BCUT2D eigenvalue weighted by molar-refractivity contribution is 7.88. The summed E-state index contributed by atoms with van der Waals surface area (Å²) in [4.78, 5) is 12.6. The maximum atomic E-state index is 12.7. The standard InChI is InChI=1S/C21H25ClN2O3S/c1-16(17-7-3-2-4-8-17)23-21(25)18-11-13-24(14-12-18)28(26,27)15-19-9-5-6-10-20(19)22/h2-10,16,18H,11-15H2,1H3,(H,23,25). The molecule has 0 aromatic heterocycles. The molecule has 0 saturated carbocycles. The highest BCUT2D eigenvalue weighted by Crippen LogP contribution is 2.25. The molecule has 7 heteroatoms. The Hall–Kier alpha value is -1.89. The second kappa shape index (κ2) is 9.07. The van der Waals surface area contributed by atoms with Gasteiger partial charge >= 0.3 is 0 Å². The van der Waals surface area contributed by atoms with E-state index in [0.717, 1.165) is 5.56 Å². The predicted molar refractivity (Wildman–Crippen MR) is 111 cm³/mol. The predicted octanol–water partition coefficient (Wildman–Crippen LogP) is 3.76. The quantitative estimate of drug-likeness (QED) is 0.773. The first kappa shape index (κ1) is 20.8. The number of nitrogens with zero attached hydrogens (tertiary/aromatic N) is 1. The Morgan fingerprint density at radius 2 is 1.71 bits per heavy atom. The van der Waals surface area contributed by atoms with Crippen LogP contribution in [0.15, 0.2) is 54.6 Å². The first-order chi connectivity index (χ1) is 13.4. The van der Waals surface area contributed by atoms with Crippen LogP contribution in [-0.4, -0.2) is 31.7 Å². The molecule has 1 atom stereocenters. The first-order valence-corrected chi connectivity index (χ1v) is 11.4. The lowest BCUT2D eigenvalue weighted by Gasteiger charge is -2.31. The summed E-state index contributed by atoms with van der Waals surface area (Å²) in [7, 11) is -3.46. The second-order valence-electron chi connectivity index (χ2n) is 7.16. The highest BCUT2D eigenvalue weighted by atomic mass is 35.5. The summed E-state index contributed by atoms with van der Waals surface area (Å²) >= 11 is 6.10. The van der Waals surface area contributed by atoms with Gasteiger partial charge in [-0.25, -0.2) is 12.7 Å². The fourth-order valence-corrected chi connectivity index (χ4v) is 5.33. The second-order valence-corrected chi connectivity index (χ2v) is 9.54. The highest BCUT2D eigenvalue weighted by Gasteiger charge is 2.31. The van der Waals surface area contributed by atoms with Gasteiger partial charge in [0.1, 0.15) is 0 Å². The molecule has 3 rings (SSSR count). The average molecular weight is 421 g/mol. The largest absolute Gasteiger partial charge is 0.349 e. The van der Waals surface area contributed by atoms with Crippen LogP contribution >= 0.6 is 11.6 Å². The fraction of sp³-hybridized carbons (Fsp3) is 0.381. The summed E-state index contributed by atoms with van der Waals surface area (Å²) in [5, 5.41) is 3.50. The van der Waals surface area contributed by atoms with Gasteiger partial charge in [0.2, 0.25) is 15.9 Å². The van der Waals surface area contributed by atoms with Crippen molar-refractivity contribution in [3.05, 3.63) is 70.7 Å². The van der Waals surface area contributed by atoms with E-state index in [4.69, 9.17) is 11.6 Å². The number of amides is 1. The molecule has 1 N–H and O–H groups in total. The molecule has 28 heavy (non-hydrogen) atoms. The van der Waals surface area contributed by atoms with Crippen molar-refractivity contribution in [1.82, 2.24) is 9.62 Å². The van der Waals surface area contributed by atoms with Gasteiger partial charge in [0.05, 0.1) is 11.8 Å². The molecule has 1 fully saturated rings. The number of hydrogen-bond acceptors (Lipinski definition) is 3. The van der Waals surface area contributed by atoms with Gasteiger partial charge in [0.25, 0.3) is 0 Å². The molecule has 2 aromatic carbocycles. The Bertz CT molecular complexity index is 910. The van der Waals surface area contributed by atoms with Crippen LogP contribution in [0.4, 0.5) is 0 Å². The summed E-state index contributed by atoms with van der Waals surface area (Å²) < 4.78 is 26.9. The minimum absolute atomic E-state index is 0.0143. The number of piperidine rings is 1. The minimum Gasteiger partial charge on any atom is -0.349 e. The van der Waals surface area contributed by atoms with Crippen molar-refractivity contribution < 1.29 is 13.2 Å². The first-order valence-electron chi connectivity index (χ1n) is 9.43. The zero-order chi connectivity index (χ0) is 20.1. The molecule has 1 amide bonds. The van der Waals surface area contributed by atoms with Gasteiger partial charge in [0, 0.05) is 24.0 Å². The van der Waals surface area contributed by atoms with Gasteiger partial charge < -0.3 is 5.32 Å². The van der Waals surface area contributed by atoms with E-state index < -0.39 is 10.0 Å². The Morgan fingerprint density at radius 1 is 1.11 bits per heavy atom. The maximum absolute atomic E-state index is 12.7. The van der Waals surface area contributed by atoms with Crippen LogP contribution in [0, 0.1) is 5.92 Å². The van der Waals surface area contributed by atoms with Crippen molar-refractivity contribution in [2.75, 3.05) is 13.1 Å². The molecular weight excluding hydrogens is 396 g/mol. The molecule has 1 saturated heterocycles. The SMILES string of the molecule is CC(NC(=O)C1CCN(S(=O)(=O)Cc2ccccc2Cl)CC1)c1ccccc1. The Labute approximate surface area is 171 Å². The Morgan fingerprint density at radius 3 is 2.36 bits per heavy atom. The van der Waals surface area contributed by atoms with E-state index in [1.165, 1.54) is 4.31 Å². The van der Waals surface area contributed by atoms with Gasteiger partial charge in [-0.15, -0.1) is 0 Å². The number of sulfonamides is 1. The van der Waals surface area contributed by atoms with E-state index in [0.29, 0.717) is 36.5 Å². The summed E-state index contributed by atoms with van der Waals surface area (Å²) in [5.74, 6) is -0.299. The molecule has 1 aliphatic rings. The van der Waals surface area contributed by atoms with Gasteiger partial charge in [-0.05, 0) is 37.0 Å². The molecule has 1 unspecified atom stereocenters. The number of nitrogens with one attached hydrogen (secondary N) is 1. The lowest BCUT2D eigenvalue weighted by Crippen LogP contribution is -2.43. The van der Waals surface area contributed by atoms with Crippen LogP contribution in [0.1, 0.15) is 36.9 Å². The molecule has 0 radical (unpaired) electrons. The lowest BCUT2D eigenvalue weighted by atomic mass is 9.96. The summed E-state index contributed by atoms with van der Waals surface area (Å²) in [5.41, 5.74) is 1.65. The molecule has 0 spiro atoms. The average Bonchev–Trinajstić information content (AvgIpc) is 2.70. The summed E-state index contributed by atoms with van der Waals surface area (Å²) in [6.07, 6.45) is 1.05. The van der Waals surface area contributed by atoms with E-state index in [-0.39, 0.29) is 23.6 Å². The Kier molecular flexibility index (Phi) is 6.75. The zero-order valence-corrected chi connectivity index (χ0v) is 17.4. The number of halogens is 1. The molecule has 150 valence electrons. The molecular formula is C21H25ClN2O3S. The third kappa shape index (κ3) is 5.13. The van der Waals surface area contributed by atoms with E-state index in [1.54, 1.807) is 24.3 Å². The Balaban J connectivity index is 1.55. The van der Waals surface area contributed by atoms with Crippen molar-refractivity contribution in [3.8, 4) is 0 Å². The zero-order valence-electron chi connectivity index (χ0n) is 15.8. The van der Waals surface area contributed by atoms with Crippen LogP contribution < -0.4 is 5.32 Å². The third-order valence-corrected chi connectivity index (χ3v) is 7.37. The van der Waals surface area contributed by atoms with E-state index in [2.05, 4.69) is 5.32 Å². The maximum Gasteiger partial charge on any atom is 0.223 e. The van der Waals surface area contributed by atoms with Gasteiger partial charge in [0.15, 0.2) is 0 Å². The number of rotatable bonds is 6. The van der Waals surface area contributed by atoms with Crippen LogP contribution in [0.25, 0.3) is 0 Å². The van der Waals surface area contributed by atoms with E-state index in [9.17, 15) is 13.2 Å². The molecule has 1 aliphatic heterocycles. The van der Waals surface area contributed by atoms with Crippen molar-refractivity contribution in [1.29, 1.82) is 0 Å². The van der Waals surface area contributed by atoms with E-state index in [1.807, 2.05) is 37.3 Å². The molecule has 1 heterocycles. The number of benzene rings is 2. The number of carbonyl (C=O) groups is 1. The number of hydrogen-bond donors (Lipinski definition) is 1.